The summed E-state index contributed by atoms with van der Waals surface area (Å²) in [7, 11) is 0. The fourth-order valence-electron chi connectivity index (χ4n) is 2.22. The number of aromatic nitrogens is 2. The van der Waals surface area contributed by atoms with Crippen LogP contribution in [0.2, 0.25) is 0 Å². The highest BCUT2D eigenvalue weighted by atomic mass is 19.4. The van der Waals surface area contributed by atoms with Crippen molar-refractivity contribution >= 4 is 5.78 Å². The third-order valence-corrected chi connectivity index (χ3v) is 3.13. The Hall–Kier alpha value is -1.83. The van der Waals surface area contributed by atoms with Crippen LogP contribution in [-0.2, 0) is 10.9 Å². The summed E-state index contributed by atoms with van der Waals surface area (Å²) in [6.07, 6.45) is -2.96. The van der Waals surface area contributed by atoms with E-state index in [9.17, 15) is 18.0 Å². The van der Waals surface area contributed by atoms with E-state index in [0.717, 1.165) is 10.8 Å². The first kappa shape index (κ1) is 14.6. The highest BCUT2D eigenvalue weighted by Crippen LogP contribution is 2.34. The van der Waals surface area contributed by atoms with E-state index in [1.165, 1.54) is 0 Å². The van der Waals surface area contributed by atoms with E-state index in [2.05, 4.69) is 11.6 Å². The van der Waals surface area contributed by atoms with Gasteiger partial charge in [-0.25, -0.2) is 4.98 Å². The molecule has 0 unspecified atom stereocenters. The molecule has 8 heteroatoms. The fraction of sp³-hybridized carbons (Fsp3) is 0.500. The second-order valence-electron chi connectivity index (χ2n) is 4.53. The molecule has 2 N–H and O–H groups in total. The predicted molar refractivity (Wildman–Crippen MR) is 64.0 cm³/mol. The molecule has 0 radical (unpaired) electrons. The maximum absolute atomic E-state index is 13.0. The third kappa shape index (κ3) is 2.69. The number of nitrogens with zero attached hydrogens (tertiary/aromatic N) is 2. The van der Waals surface area contributed by atoms with E-state index >= 15 is 0 Å². The Kier molecular flexibility index (Phi) is 3.85. The van der Waals surface area contributed by atoms with Gasteiger partial charge in [-0.3, -0.25) is 4.79 Å². The van der Waals surface area contributed by atoms with Gasteiger partial charge in [0, 0.05) is 19.3 Å². The van der Waals surface area contributed by atoms with Crippen molar-refractivity contribution in [3.05, 3.63) is 30.0 Å². The van der Waals surface area contributed by atoms with Gasteiger partial charge in [-0.2, -0.15) is 13.2 Å². The number of allylic oxidation sites excluding steroid dienone is 1. The Morgan fingerprint density at radius 1 is 1.45 bits per heavy atom. The highest BCUT2D eigenvalue weighted by molar-refractivity contribution is 6.06. The van der Waals surface area contributed by atoms with Crippen molar-refractivity contribution < 1.29 is 22.7 Å². The molecule has 0 amide bonds. The summed E-state index contributed by atoms with van der Waals surface area (Å²) in [5.74, 6) is -1.83. The Morgan fingerprint density at radius 2 is 2.05 bits per heavy atom. The summed E-state index contributed by atoms with van der Waals surface area (Å²) >= 11 is 0. The van der Waals surface area contributed by atoms with E-state index in [1.54, 1.807) is 0 Å². The van der Waals surface area contributed by atoms with Gasteiger partial charge in [0.15, 0.2) is 0 Å². The summed E-state index contributed by atoms with van der Waals surface area (Å²) in [6.45, 7) is 3.96. The Labute approximate surface area is 113 Å². The van der Waals surface area contributed by atoms with Gasteiger partial charge >= 0.3 is 6.18 Å². The molecule has 110 valence electrons. The van der Waals surface area contributed by atoms with Gasteiger partial charge in [0.1, 0.15) is 5.69 Å². The molecule has 20 heavy (non-hydrogen) atoms. The average Bonchev–Trinajstić information content (AvgIpc) is 2.83. The van der Waals surface area contributed by atoms with Crippen molar-refractivity contribution in [3.8, 4) is 0 Å². The highest BCUT2D eigenvalue weighted by Gasteiger charge is 2.40. The maximum Gasteiger partial charge on any atom is 0.449 e. The summed E-state index contributed by atoms with van der Waals surface area (Å²) in [5.41, 5.74) is 4.80. The van der Waals surface area contributed by atoms with E-state index in [4.69, 9.17) is 10.5 Å². The number of carbonyl (C=O) groups is 1. The van der Waals surface area contributed by atoms with Crippen molar-refractivity contribution in [1.29, 1.82) is 0 Å². The van der Waals surface area contributed by atoms with Gasteiger partial charge in [0.05, 0.1) is 11.9 Å². The minimum atomic E-state index is -4.63. The van der Waals surface area contributed by atoms with E-state index in [-0.39, 0.29) is 11.4 Å². The second kappa shape index (κ2) is 5.28. The van der Waals surface area contributed by atoms with Crippen LogP contribution in [0.4, 0.5) is 13.2 Å². The van der Waals surface area contributed by atoms with E-state index < -0.39 is 23.8 Å². The van der Waals surface area contributed by atoms with Crippen LogP contribution in [0.25, 0.3) is 0 Å². The van der Waals surface area contributed by atoms with Crippen molar-refractivity contribution in [3.63, 3.8) is 0 Å². The molecule has 1 aliphatic rings. The smallest absolute Gasteiger partial charge is 0.396 e. The van der Waals surface area contributed by atoms with Gasteiger partial charge < -0.3 is 15.0 Å². The largest absolute Gasteiger partial charge is 0.449 e. The molecule has 1 saturated heterocycles. The number of carbonyl (C=O) groups excluding carboxylic acids is 1. The number of imidazole rings is 1. The van der Waals surface area contributed by atoms with Crippen molar-refractivity contribution in [1.82, 2.24) is 9.55 Å². The molecule has 5 nitrogen and oxygen atoms in total. The molecule has 0 aliphatic carbocycles. The average molecular weight is 289 g/mol. The van der Waals surface area contributed by atoms with Gasteiger partial charge in [0.2, 0.25) is 11.6 Å². The van der Waals surface area contributed by atoms with Crippen LogP contribution in [0.3, 0.4) is 0 Å². The zero-order valence-electron chi connectivity index (χ0n) is 10.6. The lowest BCUT2D eigenvalue weighted by Gasteiger charge is -2.27. The number of ketones is 1. The standard InChI is InChI=1S/C12H14F3N3O2/c1-7(16)10(19)9-6-17-11(12(13,14)15)18(9)8-2-4-20-5-3-8/h6,8H,1-5,16H2. The van der Waals surface area contributed by atoms with Crippen molar-refractivity contribution in [2.24, 2.45) is 5.73 Å². The summed E-state index contributed by atoms with van der Waals surface area (Å²) in [4.78, 5) is 15.2. The normalized spacial score (nSPS) is 17.1. The van der Waals surface area contributed by atoms with Crippen molar-refractivity contribution in [2.75, 3.05) is 13.2 Å². The topological polar surface area (TPSA) is 70.1 Å². The molecule has 1 aromatic heterocycles. The van der Waals surface area contributed by atoms with Crippen LogP contribution >= 0.6 is 0 Å². The lowest BCUT2D eigenvalue weighted by molar-refractivity contribution is -0.148. The van der Waals surface area contributed by atoms with Crippen LogP contribution in [0.5, 0.6) is 0 Å². The summed E-state index contributed by atoms with van der Waals surface area (Å²) in [6, 6.07) is -0.485. The number of alkyl halides is 3. The first-order valence-corrected chi connectivity index (χ1v) is 6.03. The second-order valence-corrected chi connectivity index (χ2v) is 4.53. The first-order chi connectivity index (χ1) is 9.32. The van der Waals surface area contributed by atoms with E-state index in [0.29, 0.717) is 26.1 Å². The molecule has 0 atom stereocenters. The Balaban J connectivity index is 2.50. The van der Waals surface area contributed by atoms with Gasteiger partial charge in [-0.1, -0.05) is 6.58 Å². The molecule has 0 spiro atoms. The molecule has 0 aromatic carbocycles. The van der Waals surface area contributed by atoms with Crippen LogP contribution in [0.1, 0.15) is 35.2 Å². The number of nitrogens with two attached hydrogens (primary N) is 1. The summed E-state index contributed by atoms with van der Waals surface area (Å²) in [5, 5.41) is 0. The van der Waals surface area contributed by atoms with Crippen LogP contribution in [-0.4, -0.2) is 28.5 Å². The molecule has 2 heterocycles. The van der Waals surface area contributed by atoms with E-state index in [1.807, 2.05) is 0 Å². The quantitative estimate of drug-likeness (QED) is 0.681. The zero-order valence-corrected chi connectivity index (χ0v) is 10.6. The van der Waals surface area contributed by atoms with Gasteiger partial charge in [0.25, 0.3) is 0 Å². The molecule has 1 fully saturated rings. The summed E-state index contributed by atoms with van der Waals surface area (Å²) < 4.78 is 45.1. The lowest BCUT2D eigenvalue weighted by atomic mass is 10.1. The number of hydrogen-bond acceptors (Lipinski definition) is 4. The Bertz CT molecular complexity index is 531. The molecule has 2 rings (SSSR count). The lowest BCUT2D eigenvalue weighted by Crippen LogP contribution is -2.28. The minimum absolute atomic E-state index is 0.184. The molecule has 0 bridgehead atoms. The first-order valence-electron chi connectivity index (χ1n) is 6.03. The van der Waals surface area contributed by atoms with Crippen LogP contribution < -0.4 is 5.73 Å². The molecule has 1 aliphatic heterocycles. The molecule has 0 saturated carbocycles. The zero-order chi connectivity index (χ0) is 14.9. The van der Waals surface area contributed by atoms with Gasteiger partial charge in [-0.05, 0) is 12.8 Å². The van der Waals surface area contributed by atoms with Gasteiger partial charge in [-0.15, -0.1) is 0 Å². The molecular weight excluding hydrogens is 275 g/mol. The monoisotopic (exact) mass is 289 g/mol. The third-order valence-electron chi connectivity index (χ3n) is 3.13. The number of rotatable bonds is 3. The number of halogens is 3. The SMILES string of the molecule is C=C(N)C(=O)c1cnc(C(F)(F)F)n1C1CCOCC1. The molecular formula is C12H14F3N3O2. The number of Topliss-reactive ketones (excluding diaryl/α,β-unsaturated/α-hetero) is 1. The molecule has 1 aromatic rings. The van der Waals surface area contributed by atoms with Crippen LogP contribution in [0.15, 0.2) is 18.5 Å². The Morgan fingerprint density at radius 3 is 2.55 bits per heavy atom. The maximum atomic E-state index is 13.0. The van der Waals surface area contributed by atoms with Crippen LogP contribution in [0, 0.1) is 0 Å². The fourth-order valence-corrected chi connectivity index (χ4v) is 2.22. The number of hydrogen-bond donors (Lipinski definition) is 1. The van der Waals surface area contributed by atoms with Crippen molar-refractivity contribution in [2.45, 2.75) is 25.1 Å². The minimum Gasteiger partial charge on any atom is -0.396 e. The predicted octanol–water partition coefficient (Wildman–Crippen LogP) is 1.91. The number of ether oxygens (including phenoxy) is 1.